The third kappa shape index (κ3) is 2.51. The van der Waals surface area contributed by atoms with E-state index in [2.05, 4.69) is 0 Å². The molecular weight excluding hydrogens is 260 g/mol. The standard InChI is InChI=1S/C14H22N2O4/c1-10(2)14(13(19)20)5-7-16(9-14)12(18)8-15-6-3-4-11(15)17/h10H,3-9H2,1-2H3,(H,19,20). The molecule has 2 rings (SSSR count). The van der Waals surface area contributed by atoms with Gasteiger partial charge in [-0.15, -0.1) is 0 Å². The van der Waals surface area contributed by atoms with Gasteiger partial charge in [0.05, 0.1) is 12.0 Å². The van der Waals surface area contributed by atoms with Gasteiger partial charge in [-0.2, -0.15) is 0 Å². The minimum absolute atomic E-state index is 0.0194. The lowest BCUT2D eigenvalue weighted by Gasteiger charge is -2.29. The molecule has 1 unspecified atom stereocenters. The summed E-state index contributed by atoms with van der Waals surface area (Å²) in [6, 6.07) is 0. The Morgan fingerprint density at radius 1 is 1.35 bits per heavy atom. The van der Waals surface area contributed by atoms with Crippen molar-refractivity contribution < 1.29 is 19.5 Å². The highest BCUT2D eigenvalue weighted by molar-refractivity contribution is 5.87. The second kappa shape index (κ2) is 5.42. The third-order valence-electron chi connectivity index (χ3n) is 4.68. The third-order valence-corrected chi connectivity index (χ3v) is 4.68. The van der Waals surface area contributed by atoms with Gasteiger partial charge in [0.1, 0.15) is 0 Å². The van der Waals surface area contributed by atoms with Gasteiger partial charge in [-0.1, -0.05) is 13.8 Å². The number of carbonyl (C=O) groups is 3. The van der Waals surface area contributed by atoms with Crippen LogP contribution in [0.3, 0.4) is 0 Å². The second-order valence-corrected chi connectivity index (χ2v) is 6.10. The van der Waals surface area contributed by atoms with E-state index in [1.54, 1.807) is 9.80 Å². The van der Waals surface area contributed by atoms with Gasteiger partial charge < -0.3 is 14.9 Å². The molecule has 1 N–H and O–H groups in total. The zero-order valence-corrected chi connectivity index (χ0v) is 12.1. The van der Waals surface area contributed by atoms with Gasteiger partial charge in [-0.05, 0) is 18.8 Å². The van der Waals surface area contributed by atoms with E-state index >= 15 is 0 Å². The minimum atomic E-state index is -0.843. The molecule has 0 aliphatic carbocycles. The molecule has 0 bridgehead atoms. The smallest absolute Gasteiger partial charge is 0.311 e. The largest absolute Gasteiger partial charge is 0.481 e. The van der Waals surface area contributed by atoms with Crippen LogP contribution in [0.5, 0.6) is 0 Å². The summed E-state index contributed by atoms with van der Waals surface area (Å²) in [6.45, 7) is 5.20. The van der Waals surface area contributed by atoms with Crippen molar-refractivity contribution in [1.29, 1.82) is 0 Å². The van der Waals surface area contributed by atoms with E-state index in [-0.39, 0.29) is 30.8 Å². The van der Waals surface area contributed by atoms with Crippen LogP contribution in [0.2, 0.25) is 0 Å². The molecule has 6 heteroatoms. The average Bonchev–Trinajstić information content (AvgIpc) is 2.97. The number of aliphatic carboxylic acids is 1. The van der Waals surface area contributed by atoms with Gasteiger partial charge >= 0.3 is 5.97 Å². The van der Waals surface area contributed by atoms with E-state index in [4.69, 9.17) is 0 Å². The van der Waals surface area contributed by atoms with Crippen LogP contribution >= 0.6 is 0 Å². The van der Waals surface area contributed by atoms with Crippen molar-refractivity contribution in [1.82, 2.24) is 9.80 Å². The Labute approximate surface area is 118 Å². The number of amides is 2. The van der Waals surface area contributed by atoms with Crippen LogP contribution in [0.15, 0.2) is 0 Å². The van der Waals surface area contributed by atoms with Gasteiger partial charge in [-0.3, -0.25) is 14.4 Å². The van der Waals surface area contributed by atoms with Gasteiger partial charge in [0, 0.05) is 26.1 Å². The summed E-state index contributed by atoms with van der Waals surface area (Å²) in [7, 11) is 0. The van der Waals surface area contributed by atoms with Crippen LogP contribution in [0.4, 0.5) is 0 Å². The van der Waals surface area contributed by atoms with Crippen molar-refractivity contribution in [3.63, 3.8) is 0 Å². The fourth-order valence-electron chi connectivity index (χ4n) is 3.07. The molecule has 0 aromatic heterocycles. The molecule has 20 heavy (non-hydrogen) atoms. The van der Waals surface area contributed by atoms with E-state index in [0.29, 0.717) is 25.9 Å². The molecular formula is C14H22N2O4. The van der Waals surface area contributed by atoms with E-state index in [9.17, 15) is 19.5 Å². The molecule has 1 atom stereocenters. The maximum Gasteiger partial charge on any atom is 0.311 e. The van der Waals surface area contributed by atoms with E-state index in [1.807, 2.05) is 13.8 Å². The first-order valence-electron chi connectivity index (χ1n) is 7.16. The lowest BCUT2D eigenvalue weighted by Crippen LogP contribution is -2.43. The monoisotopic (exact) mass is 282 g/mol. The second-order valence-electron chi connectivity index (χ2n) is 6.10. The summed E-state index contributed by atoms with van der Waals surface area (Å²) in [5.41, 5.74) is -0.843. The van der Waals surface area contributed by atoms with Crippen molar-refractivity contribution in [3.8, 4) is 0 Å². The number of nitrogens with zero attached hydrogens (tertiary/aromatic N) is 2. The fourth-order valence-corrected chi connectivity index (χ4v) is 3.07. The highest BCUT2D eigenvalue weighted by Crippen LogP contribution is 2.38. The van der Waals surface area contributed by atoms with Gasteiger partial charge in [0.25, 0.3) is 0 Å². The number of hydrogen-bond donors (Lipinski definition) is 1. The maximum atomic E-state index is 12.2. The Kier molecular flexibility index (Phi) is 4.01. The molecule has 2 heterocycles. The number of carboxylic acid groups (broad SMARTS) is 1. The summed E-state index contributed by atoms with van der Waals surface area (Å²) in [5, 5.41) is 9.46. The van der Waals surface area contributed by atoms with Gasteiger partial charge in [0.2, 0.25) is 11.8 Å². The van der Waals surface area contributed by atoms with Crippen molar-refractivity contribution >= 4 is 17.8 Å². The average molecular weight is 282 g/mol. The Hall–Kier alpha value is -1.59. The van der Waals surface area contributed by atoms with Crippen LogP contribution in [0.1, 0.15) is 33.1 Å². The molecule has 2 aliphatic rings. The van der Waals surface area contributed by atoms with Crippen LogP contribution in [-0.4, -0.2) is 58.9 Å². The Bertz CT molecular complexity index is 435. The topological polar surface area (TPSA) is 77.9 Å². The first-order valence-corrected chi connectivity index (χ1v) is 7.16. The Balaban J connectivity index is 1.99. The predicted octanol–water partition coefficient (Wildman–Crippen LogP) is 0.568. The molecule has 2 aliphatic heterocycles. The molecule has 0 spiro atoms. The Morgan fingerprint density at radius 2 is 2.05 bits per heavy atom. The summed E-state index contributed by atoms with van der Waals surface area (Å²) < 4.78 is 0. The Morgan fingerprint density at radius 3 is 2.50 bits per heavy atom. The van der Waals surface area contributed by atoms with Crippen LogP contribution in [0.25, 0.3) is 0 Å². The van der Waals surface area contributed by atoms with Crippen molar-refractivity contribution in [2.24, 2.45) is 11.3 Å². The number of hydrogen-bond acceptors (Lipinski definition) is 3. The van der Waals surface area contributed by atoms with Crippen molar-refractivity contribution in [2.75, 3.05) is 26.2 Å². The number of rotatable bonds is 4. The first kappa shape index (κ1) is 14.8. The van der Waals surface area contributed by atoms with E-state index in [1.165, 1.54) is 0 Å². The molecule has 0 saturated carbocycles. The quantitative estimate of drug-likeness (QED) is 0.817. The molecule has 112 valence electrons. The first-order chi connectivity index (χ1) is 9.36. The fraction of sp³-hybridized carbons (Fsp3) is 0.786. The summed E-state index contributed by atoms with van der Waals surface area (Å²) in [4.78, 5) is 38.4. The number of likely N-dealkylation sites (tertiary alicyclic amines) is 2. The molecule has 6 nitrogen and oxygen atoms in total. The zero-order valence-electron chi connectivity index (χ0n) is 12.1. The number of carbonyl (C=O) groups excluding carboxylic acids is 2. The summed E-state index contributed by atoms with van der Waals surface area (Å²) >= 11 is 0. The van der Waals surface area contributed by atoms with Crippen molar-refractivity contribution in [3.05, 3.63) is 0 Å². The highest BCUT2D eigenvalue weighted by atomic mass is 16.4. The van der Waals surface area contributed by atoms with Gasteiger partial charge in [0.15, 0.2) is 0 Å². The van der Waals surface area contributed by atoms with Crippen molar-refractivity contribution in [2.45, 2.75) is 33.1 Å². The van der Waals surface area contributed by atoms with Crippen LogP contribution in [-0.2, 0) is 14.4 Å². The van der Waals surface area contributed by atoms with E-state index in [0.717, 1.165) is 6.42 Å². The molecule has 2 amide bonds. The lowest BCUT2D eigenvalue weighted by molar-refractivity contribution is -0.151. The zero-order chi connectivity index (χ0) is 14.9. The normalized spacial score (nSPS) is 26.6. The van der Waals surface area contributed by atoms with Crippen LogP contribution in [0, 0.1) is 11.3 Å². The molecule has 2 saturated heterocycles. The lowest BCUT2D eigenvalue weighted by atomic mass is 9.76. The maximum absolute atomic E-state index is 12.2. The SMILES string of the molecule is CC(C)C1(C(=O)O)CCN(C(=O)CN2CCCC2=O)C1. The van der Waals surface area contributed by atoms with Gasteiger partial charge in [-0.25, -0.2) is 0 Å². The molecule has 0 aromatic carbocycles. The number of carboxylic acids is 1. The summed E-state index contributed by atoms with van der Waals surface area (Å²) in [6.07, 6.45) is 1.80. The molecule has 2 fully saturated rings. The predicted molar refractivity (Wildman–Crippen MR) is 71.9 cm³/mol. The van der Waals surface area contributed by atoms with E-state index < -0.39 is 11.4 Å². The molecule has 0 radical (unpaired) electrons. The van der Waals surface area contributed by atoms with Crippen LogP contribution < -0.4 is 0 Å². The molecule has 0 aromatic rings. The highest BCUT2D eigenvalue weighted by Gasteiger charge is 2.48. The summed E-state index contributed by atoms with van der Waals surface area (Å²) in [5.74, 6) is -0.971. The minimum Gasteiger partial charge on any atom is -0.481 e.